The van der Waals surface area contributed by atoms with Gasteiger partial charge in [-0.05, 0) is 24.6 Å². The van der Waals surface area contributed by atoms with Crippen molar-refractivity contribution >= 4 is 5.78 Å². The number of carbonyl (C=O) groups excluding carboxylic acids is 1. The predicted octanol–water partition coefficient (Wildman–Crippen LogP) is 4.15. The lowest BCUT2D eigenvalue weighted by Crippen LogP contribution is -2.56. The van der Waals surface area contributed by atoms with Crippen LogP contribution in [-0.4, -0.2) is 23.8 Å². The second kappa shape index (κ2) is 4.71. The van der Waals surface area contributed by atoms with Crippen LogP contribution in [0.4, 0.5) is 35.1 Å². The average molecular weight is 306 g/mol. The molecule has 20 heavy (non-hydrogen) atoms. The smallest absolute Gasteiger partial charge is 0.287 e. The Morgan fingerprint density at radius 2 is 1.50 bits per heavy atom. The van der Waals surface area contributed by atoms with Gasteiger partial charge in [0.1, 0.15) is 5.82 Å². The molecule has 0 aliphatic heterocycles. The summed E-state index contributed by atoms with van der Waals surface area (Å²) in [5.41, 5.74) is -1.59. The van der Waals surface area contributed by atoms with Crippen molar-refractivity contribution < 1.29 is 39.9 Å². The monoisotopic (exact) mass is 306 g/mol. The Balaban J connectivity index is 3.35. The van der Waals surface area contributed by atoms with Gasteiger partial charge < -0.3 is 0 Å². The molecule has 0 fully saturated rings. The van der Waals surface area contributed by atoms with Crippen LogP contribution in [0.3, 0.4) is 0 Å². The summed E-state index contributed by atoms with van der Waals surface area (Å²) in [6.07, 6.45) is -6.62. The number of ketones is 1. The fourth-order valence-corrected chi connectivity index (χ4v) is 1.33. The van der Waals surface area contributed by atoms with Gasteiger partial charge in [0.25, 0.3) is 0 Å². The molecule has 0 saturated carbocycles. The SMILES string of the molecule is Cc1ccc(F)cc1C(=O)C(F)(F)C(F)(F)C(F)(F)F. The Morgan fingerprint density at radius 1 is 1.00 bits per heavy atom. The molecule has 0 spiro atoms. The highest BCUT2D eigenvalue weighted by Gasteiger charge is 2.76. The van der Waals surface area contributed by atoms with Crippen molar-refractivity contribution in [3.05, 3.63) is 35.1 Å². The van der Waals surface area contributed by atoms with Gasteiger partial charge in [-0.3, -0.25) is 4.79 Å². The molecule has 0 bridgehead atoms. The molecule has 0 unspecified atom stereocenters. The minimum absolute atomic E-state index is 0.179. The largest absolute Gasteiger partial charge is 0.460 e. The van der Waals surface area contributed by atoms with Crippen LogP contribution >= 0.6 is 0 Å². The van der Waals surface area contributed by atoms with E-state index in [-0.39, 0.29) is 11.6 Å². The first-order chi connectivity index (χ1) is 8.82. The van der Waals surface area contributed by atoms with Gasteiger partial charge in [-0.2, -0.15) is 30.7 Å². The van der Waals surface area contributed by atoms with E-state index < -0.39 is 35.2 Å². The van der Waals surface area contributed by atoms with E-state index in [1.807, 2.05) is 0 Å². The van der Waals surface area contributed by atoms with Crippen LogP contribution in [0.5, 0.6) is 0 Å². The lowest BCUT2D eigenvalue weighted by Gasteiger charge is -2.27. The Hall–Kier alpha value is -1.67. The molecular weight excluding hydrogens is 300 g/mol. The van der Waals surface area contributed by atoms with Gasteiger partial charge in [0.05, 0.1) is 0 Å². The van der Waals surface area contributed by atoms with E-state index in [0.717, 1.165) is 19.1 Å². The molecule has 0 atom stereocenters. The summed E-state index contributed by atoms with van der Waals surface area (Å²) in [5.74, 6) is -16.6. The number of alkyl halides is 7. The maximum atomic E-state index is 13.1. The molecular formula is C11H6F8O. The number of aryl methyl sites for hydroxylation is 1. The summed E-state index contributed by atoms with van der Waals surface area (Å²) in [4.78, 5) is 11.2. The molecule has 0 N–H and O–H groups in total. The van der Waals surface area contributed by atoms with Crippen LogP contribution in [-0.2, 0) is 0 Å². The molecule has 0 saturated heterocycles. The fraction of sp³-hybridized carbons (Fsp3) is 0.364. The summed E-state index contributed by atoms with van der Waals surface area (Å²) in [6.45, 7) is 0.995. The molecule has 0 radical (unpaired) electrons. The molecule has 112 valence electrons. The molecule has 1 aromatic carbocycles. The Bertz CT molecular complexity index is 532. The minimum Gasteiger partial charge on any atom is -0.287 e. The van der Waals surface area contributed by atoms with Gasteiger partial charge in [0, 0.05) is 5.56 Å². The Kier molecular flexibility index (Phi) is 3.86. The molecule has 0 aliphatic rings. The number of Topliss-reactive ketones (excluding diaryl/α,β-unsaturated/α-hetero) is 1. The molecule has 1 nitrogen and oxygen atoms in total. The van der Waals surface area contributed by atoms with Crippen molar-refractivity contribution in [1.29, 1.82) is 0 Å². The first-order valence-corrected chi connectivity index (χ1v) is 4.95. The highest BCUT2D eigenvalue weighted by molar-refractivity contribution is 6.03. The van der Waals surface area contributed by atoms with Crippen LogP contribution in [0, 0.1) is 12.7 Å². The van der Waals surface area contributed by atoms with Gasteiger partial charge in [-0.25, -0.2) is 4.39 Å². The van der Waals surface area contributed by atoms with Gasteiger partial charge in [-0.15, -0.1) is 0 Å². The van der Waals surface area contributed by atoms with Crippen molar-refractivity contribution in [1.82, 2.24) is 0 Å². The summed E-state index contributed by atoms with van der Waals surface area (Å²) in [5, 5.41) is 0. The van der Waals surface area contributed by atoms with E-state index >= 15 is 0 Å². The Morgan fingerprint density at radius 3 is 1.95 bits per heavy atom. The fourth-order valence-electron chi connectivity index (χ4n) is 1.33. The van der Waals surface area contributed by atoms with E-state index in [4.69, 9.17) is 0 Å². The normalized spacial score (nSPS) is 13.4. The zero-order valence-electron chi connectivity index (χ0n) is 9.66. The second-order valence-electron chi connectivity index (χ2n) is 3.93. The predicted molar refractivity (Wildman–Crippen MR) is 51.4 cm³/mol. The Labute approximate surface area is 107 Å². The van der Waals surface area contributed by atoms with Crippen LogP contribution in [0.2, 0.25) is 0 Å². The number of carbonyl (C=O) groups is 1. The second-order valence-corrected chi connectivity index (χ2v) is 3.93. The molecule has 0 amide bonds. The number of hydrogen-bond acceptors (Lipinski definition) is 1. The number of rotatable bonds is 3. The van der Waals surface area contributed by atoms with E-state index in [9.17, 15) is 39.9 Å². The number of benzene rings is 1. The van der Waals surface area contributed by atoms with Crippen molar-refractivity contribution in [3.8, 4) is 0 Å². The van der Waals surface area contributed by atoms with Gasteiger partial charge in [-0.1, -0.05) is 6.07 Å². The quantitative estimate of drug-likeness (QED) is 0.605. The third kappa shape index (κ3) is 2.48. The number of hydrogen-bond donors (Lipinski definition) is 0. The maximum Gasteiger partial charge on any atom is 0.460 e. The summed E-state index contributed by atoms with van der Waals surface area (Å²) in [6, 6.07) is 1.73. The summed E-state index contributed by atoms with van der Waals surface area (Å²) >= 11 is 0. The standard InChI is InChI=1S/C11H6F8O/c1-5-2-3-6(12)4-7(5)8(20)9(13,14)10(15,16)11(17,18)19/h2-4H,1H3. The summed E-state index contributed by atoms with van der Waals surface area (Å²) in [7, 11) is 0. The topological polar surface area (TPSA) is 17.1 Å². The molecule has 1 aromatic rings. The van der Waals surface area contributed by atoms with Crippen LogP contribution in [0.15, 0.2) is 18.2 Å². The van der Waals surface area contributed by atoms with Crippen molar-refractivity contribution in [3.63, 3.8) is 0 Å². The minimum atomic E-state index is -6.62. The molecule has 0 aliphatic carbocycles. The third-order valence-corrected chi connectivity index (χ3v) is 2.48. The van der Waals surface area contributed by atoms with Crippen molar-refractivity contribution in [2.75, 3.05) is 0 Å². The van der Waals surface area contributed by atoms with Crippen LogP contribution in [0.1, 0.15) is 15.9 Å². The zero-order valence-corrected chi connectivity index (χ0v) is 9.66. The molecule has 1 rings (SSSR count). The van der Waals surface area contributed by atoms with Gasteiger partial charge in [0.15, 0.2) is 0 Å². The zero-order chi connectivity index (χ0) is 15.9. The van der Waals surface area contributed by atoms with Crippen molar-refractivity contribution in [2.24, 2.45) is 0 Å². The third-order valence-electron chi connectivity index (χ3n) is 2.48. The lowest BCUT2D eigenvalue weighted by atomic mass is 9.96. The highest BCUT2D eigenvalue weighted by Crippen LogP contribution is 2.47. The van der Waals surface area contributed by atoms with E-state index in [2.05, 4.69) is 0 Å². The lowest BCUT2D eigenvalue weighted by molar-refractivity contribution is -0.339. The first kappa shape index (κ1) is 16.4. The average Bonchev–Trinajstić information content (AvgIpc) is 2.29. The van der Waals surface area contributed by atoms with Gasteiger partial charge >= 0.3 is 18.0 Å². The van der Waals surface area contributed by atoms with Crippen LogP contribution < -0.4 is 0 Å². The highest BCUT2D eigenvalue weighted by atomic mass is 19.4. The molecule has 0 aromatic heterocycles. The van der Waals surface area contributed by atoms with E-state index in [1.54, 1.807) is 0 Å². The summed E-state index contributed by atoms with van der Waals surface area (Å²) < 4.78 is 100. The molecule has 9 heteroatoms. The molecule has 0 heterocycles. The van der Waals surface area contributed by atoms with E-state index in [1.165, 1.54) is 0 Å². The van der Waals surface area contributed by atoms with Gasteiger partial charge in [0.2, 0.25) is 5.78 Å². The van der Waals surface area contributed by atoms with Crippen molar-refractivity contribution in [2.45, 2.75) is 24.9 Å². The van der Waals surface area contributed by atoms with E-state index in [0.29, 0.717) is 0 Å². The van der Waals surface area contributed by atoms with Crippen LogP contribution in [0.25, 0.3) is 0 Å². The number of halogens is 8. The maximum absolute atomic E-state index is 13.1. The first-order valence-electron chi connectivity index (χ1n) is 4.95.